The third-order valence-electron chi connectivity index (χ3n) is 6.11. The van der Waals surface area contributed by atoms with Gasteiger partial charge in [-0.25, -0.2) is 18.1 Å². The van der Waals surface area contributed by atoms with Crippen LogP contribution in [0.2, 0.25) is 5.02 Å². The number of morpholine rings is 1. The Morgan fingerprint density at radius 3 is 2.63 bits per heavy atom. The van der Waals surface area contributed by atoms with Crippen LogP contribution in [0.1, 0.15) is 12.0 Å². The summed E-state index contributed by atoms with van der Waals surface area (Å²) < 4.78 is 36.1. The summed E-state index contributed by atoms with van der Waals surface area (Å²) in [6, 6.07) is 6.50. The summed E-state index contributed by atoms with van der Waals surface area (Å²) in [7, 11) is 0. The zero-order chi connectivity index (χ0) is 24.9. The van der Waals surface area contributed by atoms with Crippen LogP contribution in [0.15, 0.2) is 40.2 Å². The van der Waals surface area contributed by atoms with Gasteiger partial charge in [0.1, 0.15) is 18.4 Å². The number of nitriles is 2. The van der Waals surface area contributed by atoms with Gasteiger partial charge in [0.25, 0.3) is 5.56 Å². The number of benzene rings is 1. The van der Waals surface area contributed by atoms with Gasteiger partial charge in [0.2, 0.25) is 0 Å². The first-order valence-corrected chi connectivity index (χ1v) is 10.9. The van der Waals surface area contributed by atoms with Crippen LogP contribution >= 0.6 is 11.6 Å². The lowest BCUT2D eigenvalue weighted by Crippen LogP contribution is -2.46. The van der Waals surface area contributed by atoms with Crippen LogP contribution < -0.4 is 16.1 Å². The molecule has 3 aromatic rings. The number of hydrogen-bond donors (Lipinski definition) is 0. The predicted molar refractivity (Wildman–Crippen MR) is 120 cm³/mol. The molecule has 1 aromatic carbocycles. The van der Waals surface area contributed by atoms with Crippen molar-refractivity contribution in [1.82, 2.24) is 14.1 Å². The summed E-state index contributed by atoms with van der Waals surface area (Å²) in [4.78, 5) is 33.1. The van der Waals surface area contributed by atoms with Crippen LogP contribution in [0.3, 0.4) is 0 Å². The molecule has 0 spiro atoms. The van der Waals surface area contributed by atoms with Crippen LogP contribution in [0.25, 0.3) is 16.8 Å². The number of anilines is 1. The van der Waals surface area contributed by atoms with E-state index in [9.17, 15) is 28.9 Å². The van der Waals surface area contributed by atoms with Crippen molar-refractivity contribution in [3.05, 3.63) is 73.7 Å². The van der Waals surface area contributed by atoms with Crippen molar-refractivity contribution >= 4 is 17.4 Å². The smallest absolute Gasteiger partial charge is 0.338 e. The lowest BCUT2D eigenvalue weighted by Gasteiger charge is -2.32. The second kappa shape index (κ2) is 8.62. The molecular formula is C23H15ClF2N6O3. The minimum absolute atomic E-state index is 0.0290. The highest BCUT2D eigenvalue weighted by molar-refractivity contribution is 6.30. The molecule has 2 aliphatic heterocycles. The molecule has 12 heteroatoms. The van der Waals surface area contributed by atoms with Gasteiger partial charge in [-0.2, -0.15) is 10.5 Å². The SMILES string of the molecule is N#CCn1c(N2C[C@@H]3C[C@H]2CO3)c(-c2cc(F)c(F)c(C#N)c2)c(=O)n(-c2cncc(Cl)c2)c1=O. The highest BCUT2D eigenvalue weighted by atomic mass is 35.5. The van der Waals surface area contributed by atoms with E-state index in [4.69, 9.17) is 16.3 Å². The van der Waals surface area contributed by atoms with Gasteiger partial charge in [-0.3, -0.25) is 14.3 Å². The summed E-state index contributed by atoms with van der Waals surface area (Å²) in [5.74, 6) is -2.60. The number of aromatic nitrogens is 3. The van der Waals surface area contributed by atoms with E-state index in [2.05, 4.69) is 4.98 Å². The van der Waals surface area contributed by atoms with E-state index in [1.807, 2.05) is 6.07 Å². The molecule has 0 saturated carbocycles. The first-order valence-electron chi connectivity index (χ1n) is 10.5. The Balaban J connectivity index is 1.91. The molecule has 2 aliphatic rings. The summed E-state index contributed by atoms with van der Waals surface area (Å²) in [6.45, 7) is 0.242. The Hall–Kier alpha value is -4.06. The number of pyridine rings is 1. The van der Waals surface area contributed by atoms with Gasteiger partial charge < -0.3 is 9.64 Å². The minimum atomic E-state index is -1.35. The van der Waals surface area contributed by atoms with Gasteiger partial charge >= 0.3 is 5.69 Å². The maximum absolute atomic E-state index is 14.5. The molecule has 35 heavy (non-hydrogen) atoms. The van der Waals surface area contributed by atoms with E-state index in [0.717, 1.165) is 21.3 Å². The van der Waals surface area contributed by atoms with Gasteiger partial charge in [0.05, 0.1) is 52.9 Å². The summed E-state index contributed by atoms with van der Waals surface area (Å²) in [5.41, 5.74) is -2.54. The third-order valence-corrected chi connectivity index (χ3v) is 6.31. The van der Waals surface area contributed by atoms with Crippen LogP contribution in [0.4, 0.5) is 14.6 Å². The quantitative estimate of drug-likeness (QED) is 0.544. The van der Waals surface area contributed by atoms with Crippen molar-refractivity contribution in [3.63, 3.8) is 0 Å². The number of ether oxygens (including phenoxy) is 1. The van der Waals surface area contributed by atoms with Crippen molar-refractivity contribution in [2.45, 2.75) is 25.1 Å². The Labute approximate surface area is 201 Å². The second-order valence-electron chi connectivity index (χ2n) is 8.16. The standard InChI is InChI=1S/C23H15ClF2N6O3/c24-14-5-15(9-29-8-14)32-22(33)19(12-3-13(7-28)20(26)18(25)4-12)21(30(2-1-27)23(32)34)31-10-17-6-16(31)11-35-17/h3-5,8-9,16-17H,2,6,10-11H2/t16-,17-/m0/s1. The molecule has 2 fully saturated rings. The number of hydrogen-bond acceptors (Lipinski definition) is 7. The van der Waals surface area contributed by atoms with Gasteiger partial charge in [-0.1, -0.05) is 11.6 Å². The van der Waals surface area contributed by atoms with Crippen molar-refractivity contribution in [3.8, 4) is 29.0 Å². The Morgan fingerprint density at radius 2 is 2.00 bits per heavy atom. The van der Waals surface area contributed by atoms with Gasteiger partial charge in [0, 0.05) is 12.7 Å². The molecule has 0 N–H and O–H groups in total. The van der Waals surface area contributed by atoms with E-state index in [1.165, 1.54) is 18.5 Å². The topological polar surface area (TPSA) is 117 Å². The van der Waals surface area contributed by atoms with E-state index in [0.29, 0.717) is 19.6 Å². The molecular weight excluding hydrogens is 482 g/mol. The fourth-order valence-electron chi connectivity index (χ4n) is 4.63. The highest BCUT2D eigenvalue weighted by Crippen LogP contribution is 2.37. The molecule has 4 heterocycles. The summed E-state index contributed by atoms with van der Waals surface area (Å²) in [5, 5.41) is 19.0. The lowest BCUT2D eigenvalue weighted by molar-refractivity contribution is 0.0986. The third kappa shape index (κ3) is 3.66. The molecule has 2 saturated heterocycles. The highest BCUT2D eigenvalue weighted by Gasteiger charge is 2.42. The molecule has 0 radical (unpaired) electrons. The largest absolute Gasteiger partial charge is 0.374 e. The average molecular weight is 497 g/mol. The van der Waals surface area contributed by atoms with Crippen LogP contribution in [-0.4, -0.2) is 39.4 Å². The molecule has 2 atom stereocenters. The van der Waals surface area contributed by atoms with Crippen LogP contribution in [-0.2, 0) is 11.3 Å². The predicted octanol–water partition coefficient (Wildman–Crippen LogP) is 2.37. The second-order valence-corrected chi connectivity index (χ2v) is 8.59. The first-order chi connectivity index (χ1) is 16.8. The monoisotopic (exact) mass is 496 g/mol. The summed E-state index contributed by atoms with van der Waals surface area (Å²) in [6.07, 6.45) is 3.06. The molecule has 9 nitrogen and oxygen atoms in total. The molecule has 5 rings (SSSR count). The number of rotatable bonds is 4. The van der Waals surface area contributed by atoms with Crippen LogP contribution in [0.5, 0.6) is 0 Å². The molecule has 2 bridgehead atoms. The summed E-state index contributed by atoms with van der Waals surface area (Å²) >= 11 is 6.02. The molecule has 176 valence electrons. The van der Waals surface area contributed by atoms with Crippen molar-refractivity contribution in [2.75, 3.05) is 18.1 Å². The molecule has 0 unspecified atom stereocenters. The maximum Gasteiger partial charge on any atom is 0.338 e. The normalized spacial score (nSPS) is 18.5. The van der Waals surface area contributed by atoms with E-state index in [1.54, 1.807) is 11.0 Å². The molecule has 0 amide bonds. The average Bonchev–Trinajstić information content (AvgIpc) is 3.46. The van der Waals surface area contributed by atoms with Gasteiger partial charge in [-0.15, -0.1) is 0 Å². The zero-order valence-corrected chi connectivity index (χ0v) is 18.7. The fourth-order valence-corrected chi connectivity index (χ4v) is 4.80. The number of nitrogens with zero attached hydrogens (tertiary/aromatic N) is 6. The van der Waals surface area contributed by atoms with E-state index in [-0.39, 0.29) is 39.8 Å². The van der Waals surface area contributed by atoms with Gasteiger partial charge in [-0.05, 0) is 30.2 Å². The van der Waals surface area contributed by atoms with Crippen molar-refractivity contribution < 1.29 is 13.5 Å². The van der Waals surface area contributed by atoms with Gasteiger partial charge in [0.15, 0.2) is 11.6 Å². The van der Waals surface area contributed by atoms with E-state index < -0.39 is 35.0 Å². The Bertz CT molecular complexity index is 1570. The molecule has 0 aliphatic carbocycles. The lowest BCUT2D eigenvalue weighted by atomic mass is 10.0. The van der Waals surface area contributed by atoms with Crippen molar-refractivity contribution in [2.24, 2.45) is 0 Å². The first kappa shape index (κ1) is 22.7. The maximum atomic E-state index is 14.5. The Kier molecular flexibility index (Phi) is 5.59. The molecule has 2 aromatic heterocycles. The van der Waals surface area contributed by atoms with Crippen LogP contribution in [0, 0.1) is 34.3 Å². The minimum Gasteiger partial charge on any atom is -0.374 e. The zero-order valence-electron chi connectivity index (χ0n) is 17.9. The van der Waals surface area contributed by atoms with Crippen molar-refractivity contribution in [1.29, 1.82) is 10.5 Å². The Morgan fingerprint density at radius 1 is 1.20 bits per heavy atom. The number of fused-ring (bicyclic) bond motifs is 2. The van der Waals surface area contributed by atoms with E-state index >= 15 is 0 Å². The number of halogens is 3. The fraction of sp³-hybridized carbons (Fsp3) is 0.261.